The number of ether oxygens (including phenoxy) is 1. The molecule has 2 aromatic carbocycles. The molecule has 2 saturated heterocycles. The second-order valence-corrected chi connectivity index (χ2v) is 17.5. The quantitative estimate of drug-likeness (QED) is 0.106. The second kappa shape index (κ2) is 21.0. The van der Waals surface area contributed by atoms with Crippen molar-refractivity contribution in [1.29, 1.82) is 0 Å². The molecule has 51 heavy (non-hydrogen) atoms. The van der Waals surface area contributed by atoms with Gasteiger partial charge in [0.25, 0.3) is 11.8 Å². The van der Waals surface area contributed by atoms with Gasteiger partial charge < -0.3 is 9.64 Å². The number of aryl methyl sites for hydroxylation is 2. The fourth-order valence-corrected chi connectivity index (χ4v) is 10.3. The van der Waals surface area contributed by atoms with Crippen molar-refractivity contribution in [3.8, 4) is 0 Å². The van der Waals surface area contributed by atoms with E-state index in [1.165, 1.54) is 5.48 Å². The summed E-state index contributed by atoms with van der Waals surface area (Å²) < 4.78 is 54.4. The number of unbranched alkanes of at least 4 members (excludes halogenated alkanes) is 4. The highest BCUT2D eigenvalue weighted by molar-refractivity contribution is 7.94. The van der Waals surface area contributed by atoms with E-state index >= 15 is 0 Å². The van der Waals surface area contributed by atoms with Gasteiger partial charge in [-0.15, -0.1) is 0 Å². The average Bonchev–Trinajstić information content (AvgIpc) is 3.12. The number of hydrogen-bond donors (Lipinski definition) is 4. The number of hydroxylamine groups is 2. The smallest absolute Gasteiger partial charge is 0.265 e. The first kappa shape index (κ1) is 46.1. The van der Waals surface area contributed by atoms with E-state index in [0.29, 0.717) is 13.1 Å². The lowest BCUT2D eigenvalue weighted by Crippen LogP contribution is -2.57. The number of amides is 2. The zero-order valence-electron chi connectivity index (χ0n) is 28.9. The van der Waals surface area contributed by atoms with Gasteiger partial charge in [0.15, 0.2) is 29.2 Å². The summed E-state index contributed by atoms with van der Waals surface area (Å²) in [6.07, 6.45) is 8.90. The Morgan fingerprint density at radius 2 is 1.02 bits per heavy atom. The Morgan fingerprint density at radius 1 is 0.667 bits per heavy atom. The Kier molecular flexibility index (Phi) is 19.0. The highest BCUT2D eigenvalue weighted by atomic mass is 32.2. The van der Waals surface area contributed by atoms with Crippen molar-refractivity contribution in [3.05, 3.63) is 59.7 Å². The SMILES string of the molecule is C.C.CCCCCc1ccc(S(=O)(=O)C2(C(=O)NO)CCN(C)CC2)cc1.CCCCCc1ccc(S(=O)(=O)C2(C(=O)NO)CCOCC2)cc1. The van der Waals surface area contributed by atoms with Crippen molar-refractivity contribution in [2.24, 2.45) is 0 Å². The van der Waals surface area contributed by atoms with E-state index < -0.39 is 41.0 Å². The van der Waals surface area contributed by atoms with Gasteiger partial charge in [-0.05, 0) is 107 Å². The molecule has 0 radical (unpaired) electrons. The first-order valence-corrected chi connectivity index (χ1v) is 20.1. The van der Waals surface area contributed by atoms with Crippen LogP contribution in [0, 0.1) is 0 Å². The summed E-state index contributed by atoms with van der Waals surface area (Å²) in [5.41, 5.74) is 5.27. The molecule has 4 N–H and O–H groups in total. The van der Waals surface area contributed by atoms with E-state index in [1.54, 1.807) is 41.9 Å². The fourth-order valence-electron chi connectivity index (χ4n) is 6.40. The van der Waals surface area contributed by atoms with E-state index in [4.69, 9.17) is 15.2 Å². The minimum Gasteiger partial charge on any atom is -0.381 e. The Labute approximate surface area is 306 Å². The zero-order chi connectivity index (χ0) is 36.1. The molecule has 0 aliphatic carbocycles. The molecule has 2 aliphatic rings. The third kappa shape index (κ3) is 10.6. The van der Waals surface area contributed by atoms with Crippen LogP contribution in [0.25, 0.3) is 0 Å². The maximum atomic E-state index is 13.2. The summed E-state index contributed by atoms with van der Waals surface area (Å²) in [6, 6.07) is 13.5. The number of rotatable bonds is 14. The molecule has 12 nitrogen and oxygen atoms in total. The van der Waals surface area contributed by atoms with Crippen molar-refractivity contribution in [1.82, 2.24) is 15.9 Å². The highest BCUT2D eigenvalue weighted by Gasteiger charge is 2.53. The van der Waals surface area contributed by atoms with Gasteiger partial charge in [-0.3, -0.25) is 20.0 Å². The lowest BCUT2D eigenvalue weighted by atomic mass is 9.95. The number of nitrogens with one attached hydrogen (secondary N) is 2. The molecule has 0 spiro atoms. The number of piperidine rings is 1. The summed E-state index contributed by atoms with van der Waals surface area (Å²) in [4.78, 5) is 26.7. The minimum absolute atomic E-state index is 0. The van der Waals surface area contributed by atoms with Crippen LogP contribution in [0.5, 0.6) is 0 Å². The molecule has 0 atom stereocenters. The summed E-state index contributed by atoms with van der Waals surface area (Å²) in [7, 11) is -5.94. The van der Waals surface area contributed by atoms with Gasteiger partial charge in [0, 0.05) is 13.2 Å². The molecule has 0 bridgehead atoms. The van der Waals surface area contributed by atoms with E-state index in [0.717, 1.165) is 62.5 Å². The summed E-state index contributed by atoms with van der Waals surface area (Å²) in [5, 5.41) is 18.1. The van der Waals surface area contributed by atoms with E-state index in [9.17, 15) is 26.4 Å². The Hall–Kier alpha value is -2.88. The molecule has 0 unspecified atom stereocenters. The van der Waals surface area contributed by atoms with Gasteiger partial charge in [-0.2, -0.15) is 0 Å². The Morgan fingerprint density at radius 3 is 1.35 bits per heavy atom. The van der Waals surface area contributed by atoms with Crippen LogP contribution in [-0.2, 0) is 46.8 Å². The van der Waals surface area contributed by atoms with Gasteiger partial charge in [0.05, 0.1) is 9.79 Å². The van der Waals surface area contributed by atoms with Gasteiger partial charge >= 0.3 is 0 Å². The third-order valence-corrected chi connectivity index (χ3v) is 14.8. The number of sulfone groups is 2. The first-order chi connectivity index (χ1) is 23.3. The summed E-state index contributed by atoms with van der Waals surface area (Å²) in [6.45, 7) is 5.59. The van der Waals surface area contributed by atoms with Gasteiger partial charge in [0.1, 0.15) is 0 Å². The molecule has 2 fully saturated rings. The largest absolute Gasteiger partial charge is 0.381 e. The van der Waals surface area contributed by atoms with Crippen LogP contribution in [0.3, 0.4) is 0 Å². The van der Waals surface area contributed by atoms with E-state index in [2.05, 4.69) is 13.8 Å². The maximum absolute atomic E-state index is 13.2. The number of likely N-dealkylation sites (tertiary alicyclic amines) is 1. The normalized spacial score (nSPS) is 17.0. The van der Waals surface area contributed by atoms with Crippen molar-refractivity contribution < 1.29 is 41.6 Å². The monoisotopic (exact) mass is 755 g/mol. The van der Waals surface area contributed by atoms with Gasteiger partial charge in [-0.1, -0.05) is 78.6 Å². The zero-order valence-corrected chi connectivity index (χ0v) is 30.6. The van der Waals surface area contributed by atoms with Crippen molar-refractivity contribution >= 4 is 31.5 Å². The van der Waals surface area contributed by atoms with Crippen molar-refractivity contribution in [2.75, 3.05) is 33.4 Å². The van der Waals surface area contributed by atoms with Gasteiger partial charge in [-0.25, -0.2) is 27.8 Å². The van der Waals surface area contributed by atoms with Crippen LogP contribution in [0.4, 0.5) is 0 Å². The molecule has 290 valence electrons. The summed E-state index contributed by atoms with van der Waals surface area (Å²) >= 11 is 0. The molecular weight excluding hydrogens is 695 g/mol. The number of hydrogen-bond acceptors (Lipinski definition) is 10. The maximum Gasteiger partial charge on any atom is 0.265 e. The number of nitrogens with zero attached hydrogens (tertiary/aromatic N) is 1. The first-order valence-electron chi connectivity index (χ1n) is 17.2. The van der Waals surface area contributed by atoms with E-state index in [1.807, 2.05) is 24.1 Å². The van der Waals surface area contributed by atoms with Crippen LogP contribution in [0.1, 0.15) is 104 Å². The highest BCUT2D eigenvalue weighted by Crippen LogP contribution is 2.37. The molecule has 0 aromatic heterocycles. The average molecular weight is 756 g/mol. The van der Waals surface area contributed by atoms with Crippen LogP contribution < -0.4 is 11.0 Å². The van der Waals surface area contributed by atoms with Crippen LogP contribution >= 0.6 is 0 Å². The standard InChI is InChI=1S/C18H28N2O4S.C17H25NO5S.2CH4/c1-3-4-5-6-15-7-9-16(10-8-15)25(23,24)18(17(21)19-22)11-13-20(2)14-12-18;1-2-3-4-5-14-6-8-15(9-7-14)24(21,22)17(16(19)18-20)10-12-23-13-11-17;;/h7-10,22H,3-6,11-14H2,1-2H3,(H,19,21);6-9,20H,2-5,10-13H2,1H3,(H,18,19);2*1H4. The molecular formula is C37H61N3O9S2. The van der Waals surface area contributed by atoms with Crippen molar-refractivity contribution in [3.63, 3.8) is 0 Å². The molecule has 0 saturated carbocycles. The topological polar surface area (TPSA) is 179 Å². The van der Waals surface area contributed by atoms with Gasteiger partial charge in [0.2, 0.25) is 0 Å². The lowest BCUT2D eigenvalue weighted by molar-refractivity contribution is -0.134. The number of carbonyl (C=O) groups excluding carboxylic acids is 2. The van der Waals surface area contributed by atoms with Crippen LogP contribution in [0.2, 0.25) is 0 Å². The van der Waals surface area contributed by atoms with Crippen molar-refractivity contribution in [2.45, 2.75) is 125 Å². The van der Waals surface area contributed by atoms with Crippen LogP contribution in [0.15, 0.2) is 58.3 Å². The predicted octanol–water partition coefficient (Wildman–Crippen LogP) is 5.68. The Bertz CT molecular complexity index is 1570. The fraction of sp³-hybridized carbons (Fsp3) is 0.622. The predicted molar refractivity (Wildman–Crippen MR) is 199 cm³/mol. The molecule has 2 heterocycles. The van der Waals surface area contributed by atoms with Crippen LogP contribution in [-0.4, -0.2) is 86.8 Å². The molecule has 14 heteroatoms. The molecule has 2 aromatic rings. The molecule has 4 rings (SSSR count). The molecule has 2 amide bonds. The number of carbonyl (C=O) groups is 2. The summed E-state index contributed by atoms with van der Waals surface area (Å²) in [5.74, 6) is -1.73. The second-order valence-electron chi connectivity index (χ2n) is 13.0. The lowest BCUT2D eigenvalue weighted by Gasteiger charge is -2.38. The minimum atomic E-state index is -3.93. The third-order valence-electron chi connectivity index (χ3n) is 9.76. The molecule has 2 aliphatic heterocycles. The van der Waals surface area contributed by atoms with E-state index in [-0.39, 0.29) is 63.5 Å². The number of benzene rings is 2. The Balaban J connectivity index is 0.000000491.